The lowest BCUT2D eigenvalue weighted by Gasteiger charge is -2.38. The first-order chi connectivity index (χ1) is 10.8. The first kappa shape index (κ1) is 13.8. The molecular weight excluding hydrogens is 278 g/mol. The molecule has 0 bridgehead atoms. The molecule has 2 aliphatic heterocycles. The Hall–Kier alpha value is -1.88. The topological polar surface area (TPSA) is 58.4 Å². The van der Waals surface area contributed by atoms with Gasteiger partial charge in [-0.05, 0) is 44.4 Å². The molecule has 22 heavy (non-hydrogen) atoms. The van der Waals surface area contributed by atoms with Crippen molar-refractivity contribution in [3.8, 4) is 0 Å². The molecule has 0 aliphatic carbocycles. The van der Waals surface area contributed by atoms with Crippen molar-refractivity contribution in [1.29, 1.82) is 0 Å². The van der Waals surface area contributed by atoms with Gasteiger partial charge in [0.25, 0.3) is 0 Å². The maximum absolute atomic E-state index is 12.1. The second-order valence-corrected chi connectivity index (χ2v) is 6.30. The van der Waals surface area contributed by atoms with Gasteiger partial charge in [-0.3, -0.25) is 9.69 Å². The number of rotatable bonds is 2. The number of nitrogens with zero attached hydrogens (tertiary/aromatic N) is 2. The maximum Gasteiger partial charge on any atom is 0.237 e. The van der Waals surface area contributed by atoms with E-state index in [9.17, 15) is 4.79 Å². The van der Waals surface area contributed by atoms with Gasteiger partial charge in [0.15, 0.2) is 11.5 Å². The number of para-hydroxylation sites is 2. The fraction of sp³-hybridized carbons (Fsp3) is 0.529. The second kappa shape index (κ2) is 5.72. The molecule has 2 aromatic rings. The van der Waals surface area contributed by atoms with Gasteiger partial charge in [0, 0.05) is 19.0 Å². The van der Waals surface area contributed by atoms with Crippen molar-refractivity contribution in [3.05, 3.63) is 30.2 Å². The highest BCUT2D eigenvalue weighted by Crippen LogP contribution is 2.30. The van der Waals surface area contributed by atoms with E-state index in [-0.39, 0.29) is 17.9 Å². The lowest BCUT2D eigenvalue weighted by molar-refractivity contribution is -0.128. The molecule has 116 valence electrons. The van der Waals surface area contributed by atoms with Crippen molar-refractivity contribution in [2.45, 2.75) is 37.6 Å². The first-order valence-corrected chi connectivity index (χ1v) is 8.18. The summed E-state index contributed by atoms with van der Waals surface area (Å²) in [7, 11) is 0. The minimum Gasteiger partial charge on any atom is -0.440 e. The maximum atomic E-state index is 12.1. The molecule has 2 atom stereocenters. The lowest BCUT2D eigenvalue weighted by Crippen LogP contribution is -2.53. The van der Waals surface area contributed by atoms with Gasteiger partial charge in [0.05, 0.1) is 6.04 Å². The monoisotopic (exact) mass is 299 g/mol. The van der Waals surface area contributed by atoms with Crippen LogP contribution in [0.4, 0.5) is 0 Å². The fourth-order valence-corrected chi connectivity index (χ4v) is 3.66. The molecule has 1 N–H and O–H groups in total. The predicted octanol–water partition coefficient (Wildman–Crippen LogP) is 2.29. The Labute approximate surface area is 129 Å². The van der Waals surface area contributed by atoms with Crippen LogP contribution in [-0.2, 0) is 4.79 Å². The number of amides is 1. The van der Waals surface area contributed by atoms with Crippen molar-refractivity contribution in [2.24, 2.45) is 0 Å². The lowest BCUT2D eigenvalue weighted by atomic mass is 9.94. The molecule has 0 saturated carbocycles. The molecule has 2 fully saturated rings. The van der Waals surface area contributed by atoms with Crippen LogP contribution in [0.2, 0.25) is 0 Å². The van der Waals surface area contributed by atoms with Crippen molar-refractivity contribution >= 4 is 17.0 Å². The van der Waals surface area contributed by atoms with Gasteiger partial charge < -0.3 is 9.73 Å². The van der Waals surface area contributed by atoms with E-state index in [0.717, 1.165) is 62.3 Å². The average Bonchev–Trinajstić information content (AvgIpc) is 2.99. The number of oxazole rings is 1. The SMILES string of the molecule is O=C1NCCCC1N1CCCC(c2nc3ccccc3o2)C1. The summed E-state index contributed by atoms with van der Waals surface area (Å²) >= 11 is 0. The highest BCUT2D eigenvalue weighted by Gasteiger charge is 2.33. The Morgan fingerprint density at radius 3 is 3.00 bits per heavy atom. The third kappa shape index (κ3) is 2.50. The third-order valence-corrected chi connectivity index (χ3v) is 4.81. The summed E-state index contributed by atoms with van der Waals surface area (Å²) in [5.41, 5.74) is 1.77. The summed E-state index contributed by atoms with van der Waals surface area (Å²) in [6, 6.07) is 7.92. The Morgan fingerprint density at radius 1 is 1.23 bits per heavy atom. The number of hydrogen-bond acceptors (Lipinski definition) is 4. The molecule has 0 spiro atoms. The number of piperidine rings is 2. The van der Waals surface area contributed by atoms with Gasteiger partial charge in [0.1, 0.15) is 5.52 Å². The molecule has 4 rings (SSSR count). The molecule has 3 heterocycles. The van der Waals surface area contributed by atoms with Crippen LogP contribution in [-0.4, -0.2) is 41.5 Å². The molecular formula is C17H21N3O2. The van der Waals surface area contributed by atoms with Crippen molar-refractivity contribution in [3.63, 3.8) is 0 Å². The van der Waals surface area contributed by atoms with Crippen molar-refractivity contribution < 1.29 is 9.21 Å². The van der Waals surface area contributed by atoms with E-state index in [1.807, 2.05) is 24.3 Å². The Kier molecular flexibility index (Phi) is 3.58. The van der Waals surface area contributed by atoms with Crippen LogP contribution < -0.4 is 5.32 Å². The van der Waals surface area contributed by atoms with Gasteiger partial charge in [0.2, 0.25) is 5.91 Å². The molecule has 5 heteroatoms. The number of aromatic nitrogens is 1. The van der Waals surface area contributed by atoms with Gasteiger partial charge in [-0.25, -0.2) is 4.98 Å². The van der Waals surface area contributed by atoms with Gasteiger partial charge in [-0.15, -0.1) is 0 Å². The Morgan fingerprint density at radius 2 is 2.14 bits per heavy atom. The molecule has 2 unspecified atom stereocenters. The Balaban J connectivity index is 1.54. The highest BCUT2D eigenvalue weighted by molar-refractivity contribution is 5.82. The number of benzene rings is 1. The number of fused-ring (bicyclic) bond motifs is 1. The number of nitrogens with one attached hydrogen (secondary N) is 1. The molecule has 0 radical (unpaired) electrons. The van der Waals surface area contributed by atoms with Crippen LogP contribution in [0, 0.1) is 0 Å². The standard InChI is InChI=1S/C17H21N3O2/c21-16-14(7-3-9-18-16)20-10-4-5-12(11-20)17-19-13-6-1-2-8-15(13)22-17/h1-2,6,8,12,14H,3-5,7,9-11H2,(H,18,21). The zero-order chi connectivity index (χ0) is 14.9. The largest absolute Gasteiger partial charge is 0.440 e. The average molecular weight is 299 g/mol. The summed E-state index contributed by atoms with van der Waals surface area (Å²) in [5.74, 6) is 1.29. The van der Waals surface area contributed by atoms with Crippen LogP contribution in [0.5, 0.6) is 0 Å². The van der Waals surface area contributed by atoms with E-state index in [4.69, 9.17) is 4.42 Å². The number of hydrogen-bond donors (Lipinski definition) is 1. The number of carbonyl (C=O) groups is 1. The van der Waals surface area contributed by atoms with Gasteiger partial charge >= 0.3 is 0 Å². The van der Waals surface area contributed by atoms with E-state index in [2.05, 4.69) is 15.2 Å². The van der Waals surface area contributed by atoms with Crippen molar-refractivity contribution in [2.75, 3.05) is 19.6 Å². The summed E-state index contributed by atoms with van der Waals surface area (Å²) < 4.78 is 5.93. The molecule has 5 nitrogen and oxygen atoms in total. The van der Waals surface area contributed by atoms with E-state index in [1.54, 1.807) is 0 Å². The highest BCUT2D eigenvalue weighted by atomic mass is 16.3. The third-order valence-electron chi connectivity index (χ3n) is 4.81. The number of likely N-dealkylation sites (tertiary alicyclic amines) is 1. The summed E-state index contributed by atoms with van der Waals surface area (Å²) in [4.78, 5) is 19.0. The van der Waals surface area contributed by atoms with Crippen LogP contribution in [0.1, 0.15) is 37.5 Å². The fourth-order valence-electron chi connectivity index (χ4n) is 3.66. The minimum absolute atomic E-state index is 0.0286. The quantitative estimate of drug-likeness (QED) is 0.924. The minimum atomic E-state index is 0.0286. The van der Waals surface area contributed by atoms with Gasteiger partial charge in [-0.2, -0.15) is 0 Å². The predicted molar refractivity (Wildman–Crippen MR) is 83.6 cm³/mol. The smallest absolute Gasteiger partial charge is 0.237 e. The van der Waals surface area contributed by atoms with Crippen LogP contribution in [0.3, 0.4) is 0 Å². The van der Waals surface area contributed by atoms with Crippen molar-refractivity contribution in [1.82, 2.24) is 15.2 Å². The zero-order valence-electron chi connectivity index (χ0n) is 12.6. The number of carbonyl (C=O) groups excluding carboxylic acids is 1. The Bertz CT molecular complexity index is 648. The summed E-state index contributed by atoms with van der Waals surface area (Å²) in [5, 5.41) is 2.99. The normalized spacial score (nSPS) is 27.0. The van der Waals surface area contributed by atoms with Crippen LogP contribution >= 0.6 is 0 Å². The summed E-state index contributed by atoms with van der Waals surface area (Å²) in [6.07, 6.45) is 4.21. The van der Waals surface area contributed by atoms with Crippen LogP contribution in [0.15, 0.2) is 28.7 Å². The molecule has 1 amide bonds. The first-order valence-electron chi connectivity index (χ1n) is 8.18. The molecule has 1 aromatic carbocycles. The molecule has 2 aliphatic rings. The molecule has 2 saturated heterocycles. The van der Waals surface area contributed by atoms with E-state index in [1.165, 1.54) is 0 Å². The van der Waals surface area contributed by atoms with E-state index >= 15 is 0 Å². The van der Waals surface area contributed by atoms with E-state index in [0.29, 0.717) is 0 Å². The second-order valence-electron chi connectivity index (χ2n) is 6.30. The van der Waals surface area contributed by atoms with E-state index < -0.39 is 0 Å². The zero-order valence-corrected chi connectivity index (χ0v) is 12.6. The molecule has 1 aromatic heterocycles. The summed E-state index contributed by atoms with van der Waals surface area (Å²) in [6.45, 7) is 2.68. The van der Waals surface area contributed by atoms with Gasteiger partial charge in [-0.1, -0.05) is 12.1 Å². The van der Waals surface area contributed by atoms with Crippen LogP contribution in [0.25, 0.3) is 11.1 Å².